The summed E-state index contributed by atoms with van der Waals surface area (Å²) in [4.78, 5) is 29.9. The Morgan fingerprint density at radius 3 is 2.86 bits per heavy atom. The fraction of sp³-hybridized carbons (Fsp3) is 0.333. The van der Waals surface area contributed by atoms with Crippen LogP contribution in [0.4, 0.5) is 15.9 Å². The molecule has 3 rings (SSSR count). The Morgan fingerprint density at radius 2 is 2.18 bits per heavy atom. The molecule has 28 heavy (non-hydrogen) atoms. The maximum Gasteiger partial charge on any atom is 0.278 e. The number of Topliss-reactive ketones (excluding diaryl/α,β-unsaturated/α-hetero) is 1. The van der Waals surface area contributed by atoms with Crippen molar-refractivity contribution in [1.29, 1.82) is 0 Å². The number of rotatable bonds is 7. The first-order valence-corrected chi connectivity index (χ1v) is 9.30. The van der Waals surface area contributed by atoms with Gasteiger partial charge < -0.3 is 20.1 Å². The number of aromatic nitrogens is 1. The van der Waals surface area contributed by atoms with Gasteiger partial charge in [0.2, 0.25) is 0 Å². The molecule has 10 heteroatoms. The lowest BCUT2D eigenvalue weighted by molar-refractivity contribution is -0.0295. The number of aliphatic hydroxyl groups is 2. The van der Waals surface area contributed by atoms with Crippen LogP contribution in [0.25, 0.3) is 0 Å². The molecule has 0 bridgehead atoms. The van der Waals surface area contributed by atoms with Gasteiger partial charge in [-0.25, -0.2) is 9.87 Å². The molecular weight excluding hydrogens is 437 g/mol. The van der Waals surface area contributed by atoms with Crippen LogP contribution >= 0.6 is 15.9 Å². The number of nitrogens with one attached hydrogen (secondary N) is 2. The average Bonchev–Trinajstić information content (AvgIpc) is 3.15. The molecule has 0 fully saturated rings. The third-order valence-corrected chi connectivity index (χ3v) is 4.92. The van der Waals surface area contributed by atoms with Crippen molar-refractivity contribution in [2.75, 3.05) is 18.5 Å². The van der Waals surface area contributed by atoms with Crippen molar-refractivity contribution in [3.05, 3.63) is 45.3 Å². The number of anilines is 2. The molecular formula is C18H19BrFN3O5. The zero-order valence-electron chi connectivity index (χ0n) is 15.0. The van der Waals surface area contributed by atoms with E-state index in [1.807, 2.05) is 0 Å². The van der Waals surface area contributed by atoms with Gasteiger partial charge in [-0.3, -0.25) is 14.4 Å². The zero-order chi connectivity index (χ0) is 20.4. The maximum absolute atomic E-state index is 14.3. The number of amides is 1. The van der Waals surface area contributed by atoms with Crippen molar-refractivity contribution in [2.45, 2.75) is 18.9 Å². The van der Waals surface area contributed by atoms with E-state index in [-0.39, 0.29) is 35.9 Å². The van der Waals surface area contributed by atoms with E-state index in [1.165, 1.54) is 16.7 Å². The molecule has 4 N–H and O–H groups in total. The van der Waals surface area contributed by atoms with E-state index in [0.717, 1.165) is 0 Å². The summed E-state index contributed by atoms with van der Waals surface area (Å²) in [6, 6.07) is 4.44. The Hall–Kier alpha value is -2.27. The monoisotopic (exact) mass is 455 g/mol. The van der Waals surface area contributed by atoms with Gasteiger partial charge in [0.1, 0.15) is 24.3 Å². The zero-order valence-corrected chi connectivity index (χ0v) is 16.5. The largest absolute Gasteiger partial charge is 0.394 e. The Kier molecular flexibility index (Phi) is 6.14. The molecule has 0 spiro atoms. The van der Waals surface area contributed by atoms with Gasteiger partial charge in [0.05, 0.1) is 23.6 Å². The minimum Gasteiger partial charge on any atom is -0.394 e. The van der Waals surface area contributed by atoms with Gasteiger partial charge in [0.15, 0.2) is 5.78 Å². The molecule has 8 nitrogen and oxygen atoms in total. The number of aliphatic hydroxyl groups excluding tert-OH is 2. The van der Waals surface area contributed by atoms with Crippen LogP contribution in [0.1, 0.15) is 32.8 Å². The molecule has 2 aromatic rings. The molecule has 0 saturated carbocycles. The second-order valence-electron chi connectivity index (χ2n) is 6.36. The van der Waals surface area contributed by atoms with Crippen molar-refractivity contribution >= 4 is 39.1 Å². The molecule has 0 saturated heterocycles. The summed E-state index contributed by atoms with van der Waals surface area (Å²) in [5.41, 5.74) is 3.45. The first kappa shape index (κ1) is 20.5. The summed E-state index contributed by atoms with van der Waals surface area (Å²) >= 11 is 3.19. The number of hydroxylamine groups is 1. The van der Waals surface area contributed by atoms with Crippen molar-refractivity contribution in [2.24, 2.45) is 7.05 Å². The lowest BCUT2D eigenvalue weighted by Crippen LogP contribution is -2.30. The highest BCUT2D eigenvalue weighted by Gasteiger charge is 2.33. The van der Waals surface area contributed by atoms with Gasteiger partial charge in [-0.05, 0) is 30.2 Å². The van der Waals surface area contributed by atoms with Gasteiger partial charge >= 0.3 is 0 Å². The molecule has 1 heterocycles. The highest BCUT2D eigenvalue weighted by atomic mass is 79.9. The summed E-state index contributed by atoms with van der Waals surface area (Å²) in [5.74, 6) is -1.02. The van der Waals surface area contributed by atoms with Crippen molar-refractivity contribution in [3.63, 3.8) is 0 Å². The highest BCUT2D eigenvalue weighted by Crippen LogP contribution is 2.35. The highest BCUT2D eigenvalue weighted by molar-refractivity contribution is 9.10. The number of carbonyl (C=O) groups is 2. The molecule has 0 unspecified atom stereocenters. The number of fused-ring (bicyclic) bond motifs is 1. The van der Waals surface area contributed by atoms with Crippen LogP contribution in [0.5, 0.6) is 0 Å². The minimum absolute atomic E-state index is 0.104. The van der Waals surface area contributed by atoms with E-state index in [2.05, 4.69) is 26.7 Å². The maximum atomic E-state index is 14.3. The molecule has 150 valence electrons. The van der Waals surface area contributed by atoms with E-state index in [1.54, 1.807) is 13.1 Å². The predicted octanol–water partition coefficient (Wildman–Crippen LogP) is 1.81. The summed E-state index contributed by atoms with van der Waals surface area (Å²) in [6.07, 6.45) is -0.470. The van der Waals surface area contributed by atoms with Gasteiger partial charge in [0.25, 0.3) is 5.91 Å². The summed E-state index contributed by atoms with van der Waals surface area (Å²) in [7, 11) is 1.62. The normalized spacial score (nSPS) is 14.1. The Bertz CT molecular complexity index is 930. The summed E-state index contributed by atoms with van der Waals surface area (Å²) in [6.45, 7) is -0.818. The Morgan fingerprint density at radius 1 is 1.43 bits per heavy atom. The van der Waals surface area contributed by atoms with Gasteiger partial charge in [0, 0.05) is 17.9 Å². The second-order valence-corrected chi connectivity index (χ2v) is 7.28. The van der Waals surface area contributed by atoms with E-state index in [4.69, 9.17) is 9.94 Å². The van der Waals surface area contributed by atoms with Crippen LogP contribution in [0.15, 0.2) is 22.7 Å². The minimum atomic E-state index is -1.14. The van der Waals surface area contributed by atoms with Crippen LogP contribution < -0.4 is 10.8 Å². The average molecular weight is 456 g/mol. The summed E-state index contributed by atoms with van der Waals surface area (Å²) < 4.78 is 16.4. The van der Waals surface area contributed by atoms with Gasteiger partial charge in [-0.2, -0.15) is 0 Å². The van der Waals surface area contributed by atoms with Crippen LogP contribution in [-0.4, -0.2) is 45.8 Å². The topological polar surface area (TPSA) is 113 Å². The van der Waals surface area contributed by atoms with Crippen LogP contribution in [0.2, 0.25) is 0 Å². The van der Waals surface area contributed by atoms with Crippen LogP contribution in [-0.2, 0) is 18.3 Å². The van der Waals surface area contributed by atoms with Gasteiger partial charge in [-0.1, -0.05) is 15.9 Å². The van der Waals surface area contributed by atoms with E-state index < -0.39 is 24.4 Å². The molecule has 1 amide bonds. The van der Waals surface area contributed by atoms with Crippen LogP contribution in [0, 0.1) is 5.82 Å². The van der Waals surface area contributed by atoms with Gasteiger partial charge in [-0.15, -0.1) is 0 Å². The second kappa shape index (κ2) is 8.39. The number of hydrogen-bond donors (Lipinski definition) is 4. The first-order chi connectivity index (χ1) is 13.3. The van der Waals surface area contributed by atoms with Crippen molar-refractivity contribution in [1.82, 2.24) is 10.0 Å². The lowest BCUT2D eigenvalue weighted by atomic mass is 10.1. The molecule has 1 atom stereocenters. The number of hydrogen-bond acceptors (Lipinski definition) is 6. The molecule has 1 aliphatic carbocycles. The van der Waals surface area contributed by atoms with Crippen molar-refractivity contribution in [3.8, 4) is 0 Å². The fourth-order valence-electron chi connectivity index (χ4n) is 3.12. The molecule has 1 aromatic carbocycles. The first-order valence-electron chi connectivity index (χ1n) is 8.51. The standard InChI is InChI=1S/C18H19BrFN3O5/c1-23-16-11(3-5-14(16)26)15(18(27)22-28-8-10(25)7-24)17(23)21-13-4-2-9(19)6-12(13)20/h2,4,6,10,21,24-25H,3,5,7-8H2,1H3,(H,22,27)/t10-/m0/s1. The van der Waals surface area contributed by atoms with Crippen LogP contribution in [0.3, 0.4) is 0 Å². The van der Waals surface area contributed by atoms with E-state index in [0.29, 0.717) is 22.2 Å². The third-order valence-electron chi connectivity index (χ3n) is 4.42. The molecule has 0 aliphatic heterocycles. The number of ketones is 1. The number of halogens is 2. The molecule has 0 radical (unpaired) electrons. The predicted molar refractivity (Wildman–Crippen MR) is 102 cm³/mol. The fourth-order valence-corrected chi connectivity index (χ4v) is 3.45. The Labute approximate surface area is 168 Å². The number of carbonyl (C=O) groups excluding carboxylic acids is 2. The van der Waals surface area contributed by atoms with E-state index >= 15 is 0 Å². The van der Waals surface area contributed by atoms with Crippen molar-refractivity contribution < 1.29 is 29.0 Å². The quantitative estimate of drug-likeness (QED) is 0.473. The SMILES string of the molecule is Cn1c(Nc2ccc(Br)cc2F)c(C(=O)NOC[C@@H](O)CO)c2c1C(=O)CC2. The lowest BCUT2D eigenvalue weighted by Gasteiger charge is -2.14. The molecule has 1 aromatic heterocycles. The van der Waals surface area contributed by atoms with E-state index in [9.17, 15) is 19.1 Å². The Balaban J connectivity index is 1.94. The number of benzene rings is 1. The smallest absolute Gasteiger partial charge is 0.278 e. The number of nitrogens with zero attached hydrogens (tertiary/aromatic N) is 1. The molecule has 1 aliphatic rings. The third kappa shape index (κ3) is 3.95. The summed E-state index contributed by atoms with van der Waals surface area (Å²) in [5, 5.41) is 21.0.